The lowest BCUT2D eigenvalue weighted by Crippen LogP contribution is -2.15. The van der Waals surface area contributed by atoms with Crippen molar-refractivity contribution in [2.75, 3.05) is 18.9 Å². The maximum absolute atomic E-state index is 5.77. The lowest BCUT2D eigenvalue weighted by atomic mass is 10.1. The van der Waals surface area contributed by atoms with Crippen LogP contribution in [0.1, 0.15) is 5.76 Å². The van der Waals surface area contributed by atoms with Crippen LogP contribution in [-0.4, -0.2) is 18.4 Å². The fourth-order valence-electron chi connectivity index (χ4n) is 1.94. The van der Waals surface area contributed by atoms with Gasteiger partial charge < -0.3 is 19.7 Å². The van der Waals surface area contributed by atoms with Gasteiger partial charge in [0.15, 0.2) is 17.3 Å². The zero-order chi connectivity index (χ0) is 11.8. The van der Waals surface area contributed by atoms with Crippen LogP contribution in [0.15, 0.2) is 22.7 Å². The fourth-order valence-corrected chi connectivity index (χ4v) is 1.94. The third-order valence-electron chi connectivity index (χ3n) is 2.72. The molecule has 0 saturated heterocycles. The Hall–Kier alpha value is -2.17. The normalized spacial score (nSPS) is 13.7. The molecule has 2 heterocycles. The molecule has 2 N–H and O–H groups in total. The Morgan fingerprint density at radius 1 is 1.18 bits per heavy atom. The van der Waals surface area contributed by atoms with Crippen LogP contribution in [0, 0.1) is 6.92 Å². The van der Waals surface area contributed by atoms with Gasteiger partial charge in [-0.05, 0) is 24.6 Å². The number of nitrogens with zero attached hydrogens (tertiary/aromatic N) is 1. The van der Waals surface area contributed by atoms with Crippen LogP contribution in [0.3, 0.4) is 0 Å². The Balaban J connectivity index is 2.10. The van der Waals surface area contributed by atoms with E-state index in [4.69, 9.17) is 19.7 Å². The summed E-state index contributed by atoms with van der Waals surface area (Å²) in [4.78, 5) is 0. The fraction of sp³-hybridized carbons (Fsp3) is 0.250. The van der Waals surface area contributed by atoms with Crippen molar-refractivity contribution in [2.24, 2.45) is 0 Å². The summed E-state index contributed by atoms with van der Waals surface area (Å²) >= 11 is 0. The second-order valence-electron chi connectivity index (χ2n) is 3.86. The van der Waals surface area contributed by atoms with Crippen LogP contribution in [0.5, 0.6) is 11.5 Å². The number of aryl methyl sites for hydroxylation is 1. The highest BCUT2D eigenvalue weighted by Crippen LogP contribution is 2.37. The number of benzene rings is 1. The molecule has 17 heavy (non-hydrogen) atoms. The number of nitrogen functional groups attached to an aromatic ring is 1. The molecule has 1 aromatic heterocycles. The Morgan fingerprint density at radius 3 is 2.65 bits per heavy atom. The number of aromatic nitrogens is 1. The molecule has 0 bridgehead atoms. The number of nitrogens with two attached hydrogens (primary N) is 1. The standard InChI is InChI=1S/C12H12N2O3/c1-7-11(12(13)14-17-7)8-2-3-9-10(6-8)16-5-4-15-9/h2-3,6H,4-5H2,1H3,(H2,13,14). The maximum Gasteiger partial charge on any atom is 0.175 e. The van der Waals surface area contributed by atoms with Crippen molar-refractivity contribution in [1.29, 1.82) is 0 Å². The van der Waals surface area contributed by atoms with E-state index in [9.17, 15) is 0 Å². The molecule has 3 rings (SSSR count). The summed E-state index contributed by atoms with van der Waals surface area (Å²) in [6.45, 7) is 2.98. The second kappa shape index (κ2) is 3.69. The summed E-state index contributed by atoms with van der Waals surface area (Å²) in [7, 11) is 0. The molecule has 0 radical (unpaired) electrons. The first-order valence-corrected chi connectivity index (χ1v) is 5.37. The predicted octanol–water partition coefficient (Wildman–Crippen LogP) is 2.00. The van der Waals surface area contributed by atoms with E-state index in [-0.39, 0.29) is 0 Å². The molecule has 88 valence electrons. The van der Waals surface area contributed by atoms with Gasteiger partial charge in [0.05, 0.1) is 5.56 Å². The van der Waals surface area contributed by atoms with Crippen LogP contribution in [0.4, 0.5) is 5.82 Å². The van der Waals surface area contributed by atoms with Gasteiger partial charge in [0, 0.05) is 0 Å². The van der Waals surface area contributed by atoms with Crippen molar-refractivity contribution in [3.8, 4) is 22.6 Å². The number of rotatable bonds is 1. The van der Waals surface area contributed by atoms with Gasteiger partial charge in [0.1, 0.15) is 19.0 Å². The quantitative estimate of drug-likeness (QED) is 0.814. The minimum absolute atomic E-state index is 0.388. The van der Waals surface area contributed by atoms with Crippen LogP contribution in [0.25, 0.3) is 11.1 Å². The molecule has 5 heteroatoms. The number of hydrogen-bond acceptors (Lipinski definition) is 5. The second-order valence-corrected chi connectivity index (χ2v) is 3.86. The molecule has 0 unspecified atom stereocenters. The van der Waals surface area contributed by atoms with Crippen molar-refractivity contribution in [3.63, 3.8) is 0 Å². The van der Waals surface area contributed by atoms with Crippen molar-refractivity contribution >= 4 is 5.82 Å². The van der Waals surface area contributed by atoms with E-state index < -0.39 is 0 Å². The van der Waals surface area contributed by atoms with Gasteiger partial charge in [-0.2, -0.15) is 0 Å². The highest BCUT2D eigenvalue weighted by molar-refractivity contribution is 5.77. The number of anilines is 1. The van der Waals surface area contributed by atoms with Crippen molar-refractivity contribution < 1.29 is 14.0 Å². The summed E-state index contributed by atoms with van der Waals surface area (Å²) in [6, 6.07) is 5.68. The summed E-state index contributed by atoms with van der Waals surface area (Å²) in [5.74, 6) is 2.57. The van der Waals surface area contributed by atoms with E-state index >= 15 is 0 Å². The van der Waals surface area contributed by atoms with Gasteiger partial charge in [-0.15, -0.1) is 0 Å². The average molecular weight is 232 g/mol. The molecular formula is C12H12N2O3. The Labute approximate surface area is 98.1 Å². The summed E-state index contributed by atoms with van der Waals surface area (Å²) in [5.41, 5.74) is 7.50. The first-order valence-electron chi connectivity index (χ1n) is 5.37. The van der Waals surface area contributed by atoms with E-state index in [2.05, 4.69) is 5.16 Å². The number of fused-ring (bicyclic) bond motifs is 1. The third kappa shape index (κ3) is 1.60. The van der Waals surface area contributed by atoms with Gasteiger partial charge in [-0.1, -0.05) is 11.2 Å². The molecule has 0 aliphatic carbocycles. The molecular weight excluding hydrogens is 220 g/mol. The van der Waals surface area contributed by atoms with Gasteiger partial charge in [-0.3, -0.25) is 0 Å². The average Bonchev–Trinajstić information content (AvgIpc) is 2.68. The summed E-state index contributed by atoms with van der Waals surface area (Å²) in [6.07, 6.45) is 0. The smallest absolute Gasteiger partial charge is 0.175 e. The first kappa shape index (κ1) is 10.0. The SMILES string of the molecule is Cc1onc(N)c1-c1ccc2c(c1)OCCO2. The highest BCUT2D eigenvalue weighted by Gasteiger charge is 2.17. The Kier molecular flexibility index (Phi) is 2.18. The molecule has 0 spiro atoms. The van der Waals surface area contributed by atoms with Crippen LogP contribution >= 0.6 is 0 Å². The Morgan fingerprint density at radius 2 is 1.94 bits per heavy atom. The maximum atomic E-state index is 5.77. The molecule has 5 nitrogen and oxygen atoms in total. The lowest BCUT2D eigenvalue weighted by molar-refractivity contribution is 0.171. The van der Waals surface area contributed by atoms with E-state index in [1.165, 1.54) is 0 Å². The molecule has 0 saturated carbocycles. The van der Waals surface area contributed by atoms with Crippen LogP contribution in [-0.2, 0) is 0 Å². The molecule has 0 fully saturated rings. The monoisotopic (exact) mass is 232 g/mol. The lowest BCUT2D eigenvalue weighted by Gasteiger charge is -2.18. The van der Waals surface area contributed by atoms with Gasteiger partial charge in [0.25, 0.3) is 0 Å². The van der Waals surface area contributed by atoms with Gasteiger partial charge >= 0.3 is 0 Å². The van der Waals surface area contributed by atoms with E-state index in [1.807, 2.05) is 25.1 Å². The minimum atomic E-state index is 0.388. The van der Waals surface area contributed by atoms with Crippen LogP contribution < -0.4 is 15.2 Å². The largest absolute Gasteiger partial charge is 0.486 e. The van der Waals surface area contributed by atoms with Crippen molar-refractivity contribution in [1.82, 2.24) is 5.16 Å². The van der Waals surface area contributed by atoms with Gasteiger partial charge in [0.2, 0.25) is 0 Å². The molecule has 0 atom stereocenters. The third-order valence-corrected chi connectivity index (χ3v) is 2.72. The zero-order valence-corrected chi connectivity index (χ0v) is 9.40. The van der Waals surface area contributed by atoms with Crippen LogP contribution in [0.2, 0.25) is 0 Å². The van der Waals surface area contributed by atoms with E-state index in [0.717, 1.165) is 22.6 Å². The number of hydrogen-bond donors (Lipinski definition) is 1. The Bertz CT molecular complexity index is 543. The molecule has 1 aliphatic rings. The summed E-state index contributed by atoms with van der Waals surface area (Å²) < 4.78 is 16.0. The summed E-state index contributed by atoms with van der Waals surface area (Å²) in [5, 5.41) is 3.74. The highest BCUT2D eigenvalue weighted by atomic mass is 16.6. The van der Waals surface area contributed by atoms with E-state index in [1.54, 1.807) is 0 Å². The molecule has 1 aromatic carbocycles. The molecule has 2 aromatic rings. The van der Waals surface area contributed by atoms with Crippen molar-refractivity contribution in [2.45, 2.75) is 6.92 Å². The van der Waals surface area contributed by atoms with Crippen molar-refractivity contribution in [3.05, 3.63) is 24.0 Å². The van der Waals surface area contributed by atoms with Gasteiger partial charge in [-0.25, -0.2) is 0 Å². The van der Waals surface area contributed by atoms with E-state index in [0.29, 0.717) is 24.8 Å². The zero-order valence-electron chi connectivity index (χ0n) is 9.40. The number of ether oxygens (including phenoxy) is 2. The first-order chi connectivity index (χ1) is 8.25. The molecule has 1 aliphatic heterocycles. The molecule has 0 amide bonds. The predicted molar refractivity (Wildman–Crippen MR) is 62.1 cm³/mol. The minimum Gasteiger partial charge on any atom is -0.486 e. The topological polar surface area (TPSA) is 70.5 Å².